The van der Waals surface area contributed by atoms with Crippen LogP contribution in [0.1, 0.15) is 15.9 Å². The van der Waals surface area contributed by atoms with Crippen molar-refractivity contribution in [2.75, 3.05) is 30.1 Å². The SMILES string of the molecule is COc1ccc(NC(=O)c2ccc(CN(c3cccc(Cl)c3Cl)S(C)(=O)=O)cc2)c(OC)c1. The van der Waals surface area contributed by atoms with Gasteiger partial charge in [-0.15, -0.1) is 0 Å². The van der Waals surface area contributed by atoms with Crippen LogP contribution in [0, 0.1) is 0 Å². The molecule has 174 valence electrons. The van der Waals surface area contributed by atoms with E-state index >= 15 is 0 Å². The van der Waals surface area contributed by atoms with E-state index in [1.807, 2.05) is 0 Å². The van der Waals surface area contributed by atoms with Crippen LogP contribution in [0.2, 0.25) is 10.0 Å². The summed E-state index contributed by atoms with van der Waals surface area (Å²) in [5.74, 6) is 0.717. The van der Waals surface area contributed by atoms with E-state index in [0.717, 1.165) is 6.26 Å². The molecule has 0 aliphatic heterocycles. The van der Waals surface area contributed by atoms with Crippen molar-refractivity contribution in [3.05, 3.63) is 81.8 Å². The first-order valence-corrected chi connectivity index (χ1v) is 12.3. The molecule has 0 aromatic heterocycles. The number of anilines is 2. The van der Waals surface area contributed by atoms with Gasteiger partial charge in [-0.2, -0.15) is 0 Å². The number of rotatable bonds is 8. The Morgan fingerprint density at radius 3 is 2.30 bits per heavy atom. The molecule has 0 aliphatic carbocycles. The zero-order valence-electron chi connectivity index (χ0n) is 18.1. The highest BCUT2D eigenvalue weighted by Gasteiger charge is 2.22. The van der Waals surface area contributed by atoms with Crippen molar-refractivity contribution in [2.24, 2.45) is 0 Å². The summed E-state index contributed by atoms with van der Waals surface area (Å²) in [6.45, 7) is 0.0209. The van der Waals surface area contributed by atoms with E-state index in [-0.39, 0.29) is 28.2 Å². The van der Waals surface area contributed by atoms with Gasteiger partial charge in [0.05, 0.1) is 48.4 Å². The maximum Gasteiger partial charge on any atom is 0.255 e. The van der Waals surface area contributed by atoms with Gasteiger partial charge in [-0.25, -0.2) is 8.42 Å². The molecule has 0 fully saturated rings. The van der Waals surface area contributed by atoms with Gasteiger partial charge in [0.25, 0.3) is 5.91 Å². The van der Waals surface area contributed by atoms with E-state index in [0.29, 0.717) is 28.3 Å². The van der Waals surface area contributed by atoms with Gasteiger partial charge >= 0.3 is 0 Å². The second-order valence-corrected chi connectivity index (χ2v) is 9.75. The molecule has 3 aromatic carbocycles. The second-order valence-electron chi connectivity index (χ2n) is 7.06. The number of carbonyl (C=O) groups excluding carboxylic acids is 1. The van der Waals surface area contributed by atoms with Gasteiger partial charge in [0.1, 0.15) is 11.5 Å². The molecular formula is C23H22Cl2N2O5S. The van der Waals surface area contributed by atoms with Crippen LogP contribution in [0.3, 0.4) is 0 Å². The lowest BCUT2D eigenvalue weighted by atomic mass is 10.1. The molecule has 0 atom stereocenters. The van der Waals surface area contributed by atoms with Crippen molar-refractivity contribution in [2.45, 2.75) is 6.54 Å². The number of hydrogen-bond donors (Lipinski definition) is 1. The number of nitrogens with zero attached hydrogens (tertiary/aromatic N) is 1. The molecule has 0 unspecified atom stereocenters. The molecule has 1 amide bonds. The first-order chi connectivity index (χ1) is 15.6. The average Bonchev–Trinajstić information content (AvgIpc) is 2.79. The zero-order valence-corrected chi connectivity index (χ0v) is 20.5. The van der Waals surface area contributed by atoms with Crippen LogP contribution in [0.25, 0.3) is 0 Å². The molecule has 3 aromatic rings. The predicted octanol–water partition coefficient (Wildman–Crippen LogP) is 5.23. The second kappa shape index (κ2) is 10.3. The fourth-order valence-corrected chi connectivity index (χ4v) is 4.43. The smallest absolute Gasteiger partial charge is 0.255 e. The van der Waals surface area contributed by atoms with Crippen LogP contribution in [-0.4, -0.2) is 34.8 Å². The third kappa shape index (κ3) is 5.90. The summed E-state index contributed by atoms with van der Waals surface area (Å²) in [6, 6.07) is 16.4. The van der Waals surface area contributed by atoms with Gasteiger partial charge in [-0.05, 0) is 42.0 Å². The summed E-state index contributed by atoms with van der Waals surface area (Å²) in [6.07, 6.45) is 1.09. The fraction of sp³-hybridized carbons (Fsp3) is 0.174. The number of ether oxygens (including phenoxy) is 2. The lowest BCUT2D eigenvalue weighted by Gasteiger charge is -2.24. The van der Waals surface area contributed by atoms with Crippen molar-refractivity contribution in [3.8, 4) is 11.5 Å². The molecule has 0 saturated carbocycles. The standard InChI is InChI=1S/C23H22Cl2N2O5S/c1-31-17-11-12-19(21(13-17)32-2)26-23(28)16-9-7-15(8-10-16)14-27(33(3,29)30)20-6-4-5-18(24)22(20)25/h4-13H,14H2,1-3H3,(H,26,28). The highest BCUT2D eigenvalue weighted by atomic mass is 35.5. The highest BCUT2D eigenvalue weighted by Crippen LogP contribution is 2.34. The Labute approximate surface area is 202 Å². The molecule has 0 aliphatic rings. The minimum atomic E-state index is -3.65. The molecule has 0 bridgehead atoms. The first-order valence-electron chi connectivity index (χ1n) is 9.68. The number of halogens is 2. The van der Waals surface area contributed by atoms with Gasteiger partial charge in [-0.1, -0.05) is 41.4 Å². The van der Waals surface area contributed by atoms with Gasteiger partial charge in [-0.3, -0.25) is 9.10 Å². The molecular weight excluding hydrogens is 487 g/mol. The molecule has 0 spiro atoms. The fourth-order valence-electron chi connectivity index (χ4n) is 3.09. The summed E-state index contributed by atoms with van der Waals surface area (Å²) < 4.78 is 36.5. The topological polar surface area (TPSA) is 84.9 Å². The van der Waals surface area contributed by atoms with E-state index in [1.54, 1.807) is 67.8 Å². The van der Waals surface area contributed by atoms with Gasteiger partial charge in [0, 0.05) is 11.6 Å². The Balaban J connectivity index is 1.80. The Kier molecular flexibility index (Phi) is 7.73. The summed E-state index contributed by atoms with van der Waals surface area (Å²) in [5.41, 5.74) is 1.82. The lowest BCUT2D eigenvalue weighted by molar-refractivity contribution is 0.102. The maximum absolute atomic E-state index is 12.7. The summed E-state index contributed by atoms with van der Waals surface area (Å²) in [4.78, 5) is 12.7. The first kappa shape index (κ1) is 24.7. The Hall–Kier alpha value is -2.94. The highest BCUT2D eigenvalue weighted by molar-refractivity contribution is 7.92. The van der Waals surface area contributed by atoms with Gasteiger partial charge in [0.2, 0.25) is 10.0 Å². The number of benzene rings is 3. The Morgan fingerprint density at radius 2 is 1.70 bits per heavy atom. The molecule has 1 N–H and O–H groups in total. The number of nitrogens with one attached hydrogen (secondary N) is 1. The molecule has 0 saturated heterocycles. The van der Waals surface area contributed by atoms with Crippen LogP contribution in [0.15, 0.2) is 60.7 Å². The lowest BCUT2D eigenvalue weighted by Crippen LogP contribution is -2.29. The normalized spacial score (nSPS) is 11.1. The van der Waals surface area contributed by atoms with E-state index in [4.69, 9.17) is 32.7 Å². The minimum Gasteiger partial charge on any atom is -0.497 e. The Bertz CT molecular complexity index is 1260. The molecule has 10 heteroatoms. The van der Waals surface area contributed by atoms with Crippen LogP contribution in [0.4, 0.5) is 11.4 Å². The molecule has 0 radical (unpaired) electrons. The van der Waals surface area contributed by atoms with Crippen molar-refractivity contribution in [1.82, 2.24) is 0 Å². The van der Waals surface area contributed by atoms with Crippen molar-refractivity contribution in [1.29, 1.82) is 0 Å². The largest absolute Gasteiger partial charge is 0.497 e. The van der Waals surface area contributed by atoms with Crippen LogP contribution >= 0.6 is 23.2 Å². The number of hydrogen-bond acceptors (Lipinski definition) is 5. The van der Waals surface area contributed by atoms with E-state index in [2.05, 4.69) is 5.32 Å². The summed E-state index contributed by atoms with van der Waals surface area (Å²) in [5, 5.41) is 3.20. The van der Waals surface area contributed by atoms with Crippen LogP contribution < -0.4 is 19.1 Å². The predicted molar refractivity (Wildman–Crippen MR) is 131 cm³/mol. The maximum atomic E-state index is 12.7. The Morgan fingerprint density at radius 1 is 1.00 bits per heavy atom. The summed E-state index contributed by atoms with van der Waals surface area (Å²) >= 11 is 12.3. The van der Waals surface area contributed by atoms with Crippen molar-refractivity contribution in [3.63, 3.8) is 0 Å². The number of carbonyl (C=O) groups is 1. The number of amides is 1. The van der Waals surface area contributed by atoms with Gasteiger partial charge in [0.15, 0.2) is 0 Å². The third-order valence-electron chi connectivity index (χ3n) is 4.80. The van der Waals surface area contributed by atoms with Crippen LogP contribution in [0.5, 0.6) is 11.5 Å². The van der Waals surface area contributed by atoms with Crippen LogP contribution in [-0.2, 0) is 16.6 Å². The molecule has 7 nitrogen and oxygen atoms in total. The molecule has 0 heterocycles. The van der Waals surface area contributed by atoms with Crippen molar-refractivity contribution < 1.29 is 22.7 Å². The van der Waals surface area contributed by atoms with Crippen molar-refractivity contribution >= 4 is 50.5 Å². The summed E-state index contributed by atoms with van der Waals surface area (Å²) in [7, 11) is -0.609. The quantitative estimate of drug-likeness (QED) is 0.450. The molecule has 33 heavy (non-hydrogen) atoms. The minimum absolute atomic E-state index is 0.0209. The number of methoxy groups -OCH3 is 2. The zero-order chi connectivity index (χ0) is 24.2. The van der Waals surface area contributed by atoms with E-state index in [1.165, 1.54) is 11.4 Å². The monoisotopic (exact) mass is 508 g/mol. The average molecular weight is 509 g/mol. The van der Waals surface area contributed by atoms with E-state index < -0.39 is 10.0 Å². The van der Waals surface area contributed by atoms with E-state index in [9.17, 15) is 13.2 Å². The third-order valence-corrected chi connectivity index (χ3v) is 6.73. The molecule has 3 rings (SSSR count). The number of sulfonamides is 1. The van der Waals surface area contributed by atoms with Gasteiger partial charge < -0.3 is 14.8 Å².